The van der Waals surface area contributed by atoms with E-state index in [1.807, 2.05) is 0 Å². The lowest BCUT2D eigenvalue weighted by Crippen LogP contribution is -2.25. The number of aromatic nitrogens is 1. The molecule has 1 aliphatic heterocycles. The second kappa shape index (κ2) is 4.45. The van der Waals surface area contributed by atoms with Crippen LogP contribution in [0.1, 0.15) is 38.8 Å². The van der Waals surface area contributed by atoms with E-state index in [-0.39, 0.29) is 6.61 Å². The van der Waals surface area contributed by atoms with Gasteiger partial charge in [0.1, 0.15) is 12.0 Å². The molecule has 0 radical (unpaired) electrons. The number of anilines is 1. The molecule has 4 nitrogen and oxygen atoms in total. The second-order valence-corrected chi connectivity index (χ2v) is 5.28. The van der Waals surface area contributed by atoms with Gasteiger partial charge in [-0.05, 0) is 24.7 Å². The van der Waals surface area contributed by atoms with Crippen LogP contribution in [0.4, 0.5) is 6.01 Å². The fraction of sp³-hybridized carbons (Fsp3) is 0.750. The highest BCUT2D eigenvalue weighted by molar-refractivity contribution is 5.27. The van der Waals surface area contributed by atoms with Crippen LogP contribution in [0.5, 0.6) is 0 Å². The summed E-state index contributed by atoms with van der Waals surface area (Å²) in [6.45, 7) is 6.55. The molecule has 2 rings (SSSR count). The van der Waals surface area contributed by atoms with E-state index in [9.17, 15) is 0 Å². The Kier molecular flexibility index (Phi) is 3.19. The van der Waals surface area contributed by atoms with Gasteiger partial charge in [0.25, 0.3) is 6.01 Å². The van der Waals surface area contributed by atoms with Gasteiger partial charge in [0.05, 0.1) is 6.61 Å². The van der Waals surface area contributed by atoms with Crippen molar-refractivity contribution in [3.63, 3.8) is 0 Å². The molecule has 1 N–H and O–H groups in total. The molecule has 2 heterocycles. The van der Waals surface area contributed by atoms with Crippen LogP contribution in [0.3, 0.4) is 0 Å². The molecular formula is C12H20N2O2. The molecule has 4 heteroatoms. The molecule has 90 valence electrons. The van der Waals surface area contributed by atoms with Gasteiger partial charge >= 0.3 is 0 Å². The Bertz CT molecular complexity index is 347. The van der Waals surface area contributed by atoms with Crippen LogP contribution in [-0.2, 0) is 6.61 Å². The van der Waals surface area contributed by atoms with Gasteiger partial charge in [-0.2, -0.15) is 4.98 Å². The van der Waals surface area contributed by atoms with Crippen molar-refractivity contribution in [2.45, 2.75) is 39.7 Å². The van der Waals surface area contributed by atoms with Crippen molar-refractivity contribution < 1.29 is 9.52 Å². The maximum absolute atomic E-state index is 8.95. The van der Waals surface area contributed by atoms with Crippen LogP contribution < -0.4 is 4.90 Å². The highest BCUT2D eigenvalue weighted by Gasteiger charge is 2.24. The first kappa shape index (κ1) is 11.5. The van der Waals surface area contributed by atoms with Gasteiger partial charge in [-0.1, -0.05) is 13.8 Å². The van der Waals surface area contributed by atoms with Crippen molar-refractivity contribution in [1.82, 2.24) is 4.98 Å². The Balaban J connectivity index is 2.04. The topological polar surface area (TPSA) is 49.5 Å². The first-order valence-electron chi connectivity index (χ1n) is 5.91. The standard InChI is InChI=1S/C12H20N2O2/c1-12(2)4-3-6-14(7-5-12)11-13-10(8-15)9-16-11/h9,15H,3-8H2,1-2H3. The van der Waals surface area contributed by atoms with Gasteiger partial charge in [0, 0.05) is 13.1 Å². The van der Waals surface area contributed by atoms with E-state index in [1.54, 1.807) is 0 Å². The number of nitrogens with zero attached hydrogens (tertiary/aromatic N) is 2. The number of oxazole rings is 1. The third kappa shape index (κ3) is 2.55. The van der Waals surface area contributed by atoms with Gasteiger partial charge in [-0.25, -0.2) is 0 Å². The Morgan fingerprint density at radius 2 is 2.25 bits per heavy atom. The molecule has 0 saturated carbocycles. The van der Waals surface area contributed by atoms with Gasteiger partial charge in [0.15, 0.2) is 0 Å². The van der Waals surface area contributed by atoms with E-state index < -0.39 is 0 Å². The highest BCUT2D eigenvalue weighted by atomic mass is 16.4. The number of hydrogen-bond acceptors (Lipinski definition) is 4. The summed E-state index contributed by atoms with van der Waals surface area (Å²) in [7, 11) is 0. The van der Waals surface area contributed by atoms with Gasteiger partial charge in [-0.15, -0.1) is 0 Å². The lowest BCUT2D eigenvalue weighted by Gasteiger charge is -2.22. The zero-order valence-corrected chi connectivity index (χ0v) is 10.1. The molecule has 0 amide bonds. The molecule has 0 spiro atoms. The monoisotopic (exact) mass is 224 g/mol. The van der Waals surface area contributed by atoms with E-state index >= 15 is 0 Å². The maximum Gasteiger partial charge on any atom is 0.297 e. The van der Waals surface area contributed by atoms with Gasteiger partial charge in [0.2, 0.25) is 0 Å². The van der Waals surface area contributed by atoms with Gasteiger partial charge < -0.3 is 14.4 Å². The minimum Gasteiger partial charge on any atom is -0.432 e. The molecule has 0 bridgehead atoms. The zero-order chi connectivity index (χ0) is 11.6. The SMILES string of the molecule is CC1(C)CCCN(c2nc(CO)co2)CC1. The van der Waals surface area contributed by atoms with Crippen molar-refractivity contribution in [1.29, 1.82) is 0 Å². The molecule has 1 aromatic heterocycles. The largest absolute Gasteiger partial charge is 0.432 e. The van der Waals surface area contributed by atoms with Crippen molar-refractivity contribution in [3.8, 4) is 0 Å². The van der Waals surface area contributed by atoms with E-state index in [2.05, 4.69) is 23.7 Å². The Labute approximate surface area is 96.3 Å². The molecule has 16 heavy (non-hydrogen) atoms. The molecule has 1 aliphatic rings. The van der Waals surface area contributed by atoms with Crippen molar-refractivity contribution in [2.24, 2.45) is 5.41 Å². The van der Waals surface area contributed by atoms with E-state index in [1.165, 1.54) is 19.1 Å². The maximum atomic E-state index is 8.95. The summed E-state index contributed by atoms with van der Waals surface area (Å²) in [5.41, 5.74) is 1.03. The summed E-state index contributed by atoms with van der Waals surface area (Å²) in [5, 5.41) is 8.95. The zero-order valence-electron chi connectivity index (χ0n) is 10.1. The van der Waals surface area contributed by atoms with Crippen LogP contribution in [0.15, 0.2) is 10.7 Å². The van der Waals surface area contributed by atoms with Crippen LogP contribution in [0.2, 0.25) is 0 Å². The van der Waals surface area contributed by atoms with E-state index in [0.29, 0.717) is 17.1 Å². The smallest absolute Gasteiger partial charge is 0.297 e. The minimum atomic E-state index is -0.0527. The third-order valence-corrected chi connectivity index (χ3v) is 3.31. The predicted molar refractivity (Wildman–Crippen MR) is 62.3 cm³/mol. The first-order valence-corrected chi connectivity index (χ1v) is 5.91. The van der Waals surface area contributed by atoms with Crippen LogP contribution in [-0.4, -0.2) is 23.2 Å². The molecule has 0 aliphatic carbocycles. The van der Waals surface area contributed by atoms with Crippen LogP contribution in [0.25, 0.3) is 0 Å². The van der Waals surface area contributed by atoms with Crippen molar-refractivity contribution in [3.05, 3.63) is 12.0 Å². The van der Waals surface area contributed by atoms with E-state index in [0.717, 1.165) is 19.5 Å². The fourth-order valence-corrected chi connectivity index (χ4v) is 2.13. The molecule has 1 saturated heterocycles. The summed E-state index contributed by atoms with van der Waals surface area (Å²) in [4.78, 5) is 6.43. The summed E-state index contributed by atoms with van der Waals surface area (Å²) < 4.78 is 5.37. The Morgan fingerprint density at radius 1 is 1.44 bits per heavy atom. The van der Waals surface area contributed by atoms with E-state index in [4.69, 9.17) is 9.52 Å². The molecule has 1 fully saturated rings. The molecule has 0 unspecified atom stereocenters. The lowest BCUT2D eigenvalue weighted by molar-refractivity contribution is 0.276. The summed E-state index contributed by atoms with van der Waals surface area (Å²) >= 11 is 0. The lowest BCUT2D eigenvalue weighted by atomic mass is 9.85. The summed E-state index contributed by atoms with van der Waals surface area (Å²) in [6, 6.07) is 0.654. The average Bonchev–Trinajstić information content (AvgIpc) is 2.64. The second-order valence-electron chi connectivity index (χ2n) is 5.28. The predicted octanol–water partition coefficient (Wildman–Crippen LogP) is 2.18. The first-order chi connectivity index (χ1) is 7.61. The normalized spacial score (nSPS) is 20.8. The Hall–Kier alpha value is -1.03. The Morgan fingerprint density at radius 3 is 2.94 bits per heavy atom. The molecule has 0 aromatic carbocycles. The average molecular weight is 224 g/mol. The third-order valence-electron chi connectivity index (χ3n) is 3.31. The number of hydrogen-bond donors (Lipinski definition) is 1. The highest BCUT2D eigenvalue weighted by Crippen LogP contribution is 2.31. The number of aliphatic hydroxyl groups excluding tert-OH is 1. The molecule has 0 atom stereocenters. The fourth-order valence-electron chi connectivity index (χ4n) is 2.13. The minimum absolute atomic E-state index is 0.0527. The van der Waals surface area contributed by atoms with Crippen molar-refractivity contribution >= 4 is 6.01 Å². The molecular weight excluding hydrogens is 204 g/mol. The summed E-state index contributed by atoms with van der Waals surface area (Å²) in [6.07, 6.45) is 5.11. The quantitative estimate of drug-likeness (QED) is 0.836. The number of aliphatic hydroxyl groups is 1. The number of rotatable bonds is 2. The summed E-state index contributed by atoms with van der Waals surface area (Å²) in [5.74, 6) is 0. The molecule has 1 aromatic rings. The van der Waals surface area contributed by atoms with Crippen molar-refractivity contribution in [2.75, 3.05) is 18.0 Å². The van der Waals surface area contributed by atoms with Crippen LogP contribution in [0, 0.1) is 5.41 Å². The van der Waals surface area contributed by atoms with Gasteiger partial charge in [-0.3, -0.25) is 0 Å². The van der Waals surface area contributed by atoms with Crippen LogP contribution >= 0.6 is 0 Å².